The van der Waals surface area contributed by atoms with Crippen molar-refractivity contribution >= 4 is 17.4 Å². The van der Waals surface area contributed by atoms with E-state index < -0.39 is 47.2 Å². The minimum Gasteiger partial charge on any atom is -0.382 e. The van der Waals surface area contributed by atoms with Gasteiger partial charge in [-0.05, 0) is 60.0 Å². The van der Waals surface area contributed by atoms with Crippen LogP contribution in [0.4, 0.5) is 42.2 Å². The lowest BCUT2D eigenvalue weighted by molar-refractivity contribution is -0.143. The van der Waals surface area contributed by atoms with E-state index >= 15 is 0 Å². The first-order valence-corrected chi connectivity index (χ1v) is 9.76. The van der Waals surface area contributed by atoms with Crippen molar-refractivity contribution in [2.75, 3.05) is 17.2 Å². The number of hydrogen-bond acceptors (Lipinski definition) is 4. The summed E-state index contributed by atoms with van der Waals surface area (Å²) in [4.78, 5) is 14.0. The van der Waals surface area contributed by atoms with E-state index in [1.807, 2.05) is 0 Å². The quantitative estimate of drug-likeness (QED) is 0.414. The van der Waals surface area contributed by atoms with Gasteiger partial charge in [-0.25, -0.2) is 4.39 Å². The average Bonchev–Trinajstić information content (AvgIpc) is 2.77. The Hall–Kier alpha value is -4.14. The van der Waals surface area contributed by atoms with Crippen molar-refractivity contribution in [3.05, 3.63) is 82.8 Å². The Labute approximate surface area is 194 Å². The monoisotopic (exact) mass is 496 g/mol. The van der Waals surface area contributed by atoms with Crippen LogP contribution in [0.25, 0.3) is 0 Å². The van der Waals surface area contributed by atoms with Gasteiger partial charge in [-0.1, -0.05) is 12.0 Å². The number of nitrogens with two attached hydrogens (primary N) is 1. The zero-order valence-corrected chi connectivity index (χ0v) is 17.6. The van der Waals surface area contributed by atoms with Gasteiger partial charge in [0.1, 0.15) is 17.3 Å². The fourth-order valence-electron chi connectivity index (χ4n) is 2.99. The molecule has 12 heteroatoms. The molecule has 1 amide bonds. The summed E-state index contributed by atoms with van der Waals surface area (Å²) >= 11 is 0. The minimum atomic E-state index is -5.13. The minimum absolute atomic E-state index is 0.0373. The van der Waals surface area contributed by atoms with Crippen LogP contribution >= 0.6 is 0 Å². The molecule has 2 aromatic carbocycles. The molecule has 3 rings (SSSR count). The van der Waals surface area contributed by atoms with Crippen LogP contribution in [-0.4, -0.2) is 22.6 Å². The van der Waals surface area contributed by atoms with E-state index in [9.17, 15) is 35.5 Å². The molecule has 0 radical (unpaired) electrons. The topological polar surface area (TPSA) is 72.1 Å². The molecule has 182 valence electrons. The van der Waals surface area contributed by atoms with Gasteiger partial charge in [-0.3, -0.25) is 4.79 Å². The summed E-state index contributed by atoms with van der Waals surface area (Å²) in [5.74, 6) is 3.86. The lowest BCUT2D eigenvalue weighted by Crippen LogP contribution is -2.33. The van der Waals surface area contributed by atoms with E-state index in [-0.39, 0.29) is 29.8 Å². The molecule has 0 bridgehead atoms. The number of carbonyl (C=O) groups excluding carboxylic acids is 1. The van der Waals surface area contributed by atoms with Gasteiger partial charge >= 0.3 is 12.4 Å². The number of alkyl halides is 6. The van der Waals surface area contributed by atoms with Crippen molar-refractivity contribution in [1.82, 2.24) is 10.2 Å². The lowest BCUT2D eigenvalue weighted by atomic mass is 10.00. The van der Waals surface area contributed by atoms with Crippen LogP contribution in [0.2, 0.25) is 0 Å². The summed E-state index contributed by atoms with van der Waals surface area (Å²) in [5, 5.41) is 7.33. The number of halogens is 7. The highest BCUT2D eigenvalue weighted by Crippen LogP contribution is 2.37. The Morgan fingerprint density at radius 3 is 2.17 bits per heavy atom. The van der Waals surface area contributed by atoms with Gasteiger partial charge < -0.3 is 10.6 Å². The van der Waals surface area contributed by atoms with Gasteiger partial charge in [0.25, 0.3) is 0 Å². The van der Waals surface area contributed by atoms with Crippen molar-refractivity contribution in [1.29, 1.82) is 0 Å². The summed E-state index contributed by atoms with van der Waals surface area (Å²) in [7, 11) is 0. The van der Waals surface area contributed by atoms with Crippen LogP contribution in [0.3, 0.4) is 0 Å². The summed E-state index contributed by atoms with van der Waals surface area (Å²) in [6, 6.07) is 8.44. The Morgan fingerprint density at radius 1 is 0.914 bits per heavy atom. The van der Waals surface area contributed by atoms with Crippen molar-refractivity contribution in [3.8, 4) is 11.8 Å². The second kappa shape index (κ2) is 10.0. The first-order valence-electron chi connectivity index (χ1n) is 9.76. The number of aromatic nitrogens is 2. The number of amides is 1. The van der Waals surface area contributed by atoms with Crippen LogP contribution in [0.15, 0.2) is 54.6 Å². The molecule has 1 aromatic heterocycles. The molecule has 0 aliphatic heterocycles. The highest BCUT2D eigenvalue weighted by molar-refractivity contribution is 5.95. The van der Waals surface area contributed by atoms with Crippen molar-refractivity contribution < 1.29 is 35.5 Å². The van der Waals surface area contributed by atoms with Crippen LogP contribution in [0.1, 0.15) is 22.4 Å². The predicted octanol–water partition coefficient (Wildman–Crippen LogP) is 4.86. The van der Waals surface area contributed by atoms with Crippen LogP contribution in [0.5, 0.6) is 0 Å². The summed E-state index contributed by atoms with van der Waals surface area (Å²) < 4.78 is 92.6. The zero-order chi connectivity index (χ0) is 25.8. The fourth-order valence-corrected chi connectivity index (χ4v) is 2.99. The highest BCUT2D eigenvalue weighted by Gasteiger charge is 2.38. The standard InChI is InChI=1S/C23H15F7N4O/c24-16-5-8-18(9-6-16)34(11-1-2-17-7-10-20(31)33-32-17)21(35)12-14-3-4-15(22(25,26)27)13-19(14)23(28,29)30/h3-10,13H,11-12H2,(H2,31,33). The second-order valence-corrected chi connectivity index (χ2v) is 7.15. The fraction of sp³-hybridized carbons (Fsp3) is 0.174. The number of carbonyl (C=O) groups is 1. The largest absolute Gasteiger partial charge is 0.416 e. The third-order valence-corrected chi connectivity index (χ3v) is 4.66. The van der Waals surface area contributed by atoms with Crippen LogP contribution < -0.4 is 10.6 Å². The van der Waals surface area contributed by atoms with Gasteiger partial charge in [0.15, 0.2) is 0 Å². The molecule has 0 saturated heterocycles. The van der Waals surface area contributed by atoms with Crippen molar-refractivity contribution in [2.45, 2.75) is 18.8 Å². The Bertz CT molecular complexity index is 1260. The molecule has 0 atom stereocenters. The van der Waals surface area contributed by atoms with Gasteiger partial charge in [0.05, 0.1) is 24.1 Å². The average molecular weight is 496 g/mol. The van der Waals surface area contributed by atoms with E-state index in [0.29, 0.717) is 12.1 Å². The van der Waals surface area contributed by atoms with Crippen LogP contribution in [0, 0.1) is 17.7 Å². The van der Waals surface area contributed by atoms with Crippen molar-refractivity contribution in [2.24, 2.45) is 0 Å². The smallest absolute Gasteiger partial charge is 0.382 e. The number of hydrogen-bond donors (Lipinski definition) is 1. The van der Waals surface area contributed by atoms with Gasteiger partial charge in [-0.2, -0.15) is 26.3 Å². The molecule has 1 heterocycles. The van der Waals surface area contributed by atoms with Crippen LogP contribution in [-0.2, 0) is 23.6 Å². The number of anilines is 2. The molecule has 0 spiro atoms. The predicted molar refractivity (Wildman–Crippen MR) is 112 cm³/mol. The molecule has 0 unspecified atom stereocenters. The molecule has 0 saturated carbocycles. The summed E-state index contributed by atoms with van der Waals surface area (Å²) in [6.45, 7) is -0.335. The first-order chi connectivity index (χ1) is 16.3. The molecule has 35 heavy (non-hydrogen) atoms. The maximum Gasteiger partial charge on any atom is 0.416 e. The normalized spacial score (nSPS) is 11.5. The summed E-state index contributed by atoms with van der Waals surface area (Å²) in [6.07, 6.45) is -11.0. The molecule has 2 N–H and O–H groups in total. The maximum atomic E-state index is 13.5. The molecule has 3 aromatic rings. The first kappa shape index (κ1) is 25.5. The number of rotatable bonds is 4. The van der Waals surface area contributed by atoms with Gasteiger partial charge in [0.2, 0.25) is 5.91 Å². The Kier molecular flexibility index (Phi) is 7.28. The Morgan fingerprint density at radius 2 is 1.60 bits per heavy atom. The van der Waals surface area contributed by atoms with E-state index in [2.05, 4.69) is 22.0 Å². The van der Waals surface area contributed by atoms with E-state index in [4.69, 9.17) is 5.73 Å². The molecule has 0 aliphatic carbocycles. The number of nitrogen functional groups attached to an aromatic ring is 1. The Balaban J connectivity index is 1.93. The number of benzene rings is 2. The molecule has 0 aliphatic rings. The van der Waals surface area contributed by atoms with E-state index in [1.54, 1.807) is 0 Å². The lowest BCUT2D eigenvalue weighted by Gasteiger charge is -2.22. The van der Waals surface area contributed by atoms with Crippen molar-refractivity contribution in [3.63, 3.8) is 0 Å². The van der Waals surface area contributed by atoms with E-state index in [1.165, 1.54) is 24.3 Å². The maximum absolute atomic E-state index is 13.5. The van der Waals surface area contributed by atoms with Gasteiger partial charge in [0, 0.05) is 5.69 Å². The molecular weight excluding hydrogens is 481 g/mol. The number of nitrogens with zero attached hydrogens (tertiary/aromatic N) is 3. The second-order valence-electron chi connectivity index (χ2n) is 7.15. The van der Waals surface area contributed by atoms with Gasteiger partial charge in [-0.15, -0.1) is 10.2 Å². The third-order valence-electron chi connectivity index (χ3n) is 4.66. The highest BCUT2D eigenvalue weighted by atomic mass is 19.4. The van der Waals surface area contributed by atoms with E-state index in [0.717, 1.165) is 17.0 Å². The zero-order valence-electron chi connectivity index (χ0n) is 17.6. The third kappa shape index (κ3) is 6.69. The SMILES string of the molecule is Nc1ccc(C#CCN(C(=O)Cc2ccc(C(F)(F)F)cc2C(F)(F)F)c2ccc(F)cc2)nn1. The molecular formula is C23H15F7N4O. The summed E-state index contributed by atoms with van der Waals surface area (Å²) in [5.41, 5.74) is 2.03. The molecule has 5 nitrogen and oxygen atoms in total. The molecule has 0 fully saturated rings.